The van der Waals surface area contributed by atoms with Crippen LogP contribution in [-0.2, 0) is 4.74 Å². The molecule has 1 N–H and O–H groups in total. The van der Waals surface area contributed by atoms with Gasteiger partial charge in [-0.15, -0.1) is 0 Å². The summed E-state index contributed by atoms with van der Waals surface area (Å²) in [5.74, 6) is 1.96. The lowest BCUT2D eigenvalue weighted by Gasteiger charge is -2.11. The fraction of sp³-hybridized carbons (Fsp3) is 0.240. The van der Waals surface area contributed by atoms with Crippen LogP contribution >= 0.6 is 0 Å². The Morgan fingerprint density at radius 3 is 2.03 bits per heavy atom. The molecule has 3 aromatic carbocycles. The summed E-state index contributed by atoms with van der Waals surface area (Å²) in [5, 5.41) is 2.88. The number of hydrogen-bond acceptors (Lipinski definition) is 5. The highest BCUT2D eigenvalue weighted by atomic mass is 16.5. The summed E-state index contributed by atoms with van der Waals surface area (Å²) in [6.07, 6.45) is 0. The Kier molecular flexibility index (Phi) is 8.76. The molecule has 31 heavy (non-hydrogen) atoms. The van der Waals surface area contributed by atoms with Gasteiger partial charge in [-0.05, 0) is 55.5 Å². The molecule has 6 nitrogen and oxygen atoms in total. The lowest BCUT2D eigenvalue weighted by atomic mass is 10.2. The first kappa shape index (κ1) is 22.2. The molecule has 0 unspecified atom stereocenters. The van der Waals surface area contributed by atoms with Crippen molar-refractivity contribution in [3.05, 3.63) is 84.4 Å². The standard InChI is InChI=1S/C25H27NO5/c1-2-28-15-16-29-23-13-11-20(12-14-23)25(27)26-21-7-6-10-24(19-21)31-18-17-30-22-8-4-3-5-9-22/h3-14,19H,2,15-18H2,1H3,(H,26,27). The molecule has 0 spiro atoms. The molecule has 0 bridgehead atoms. The molecule has 0 heterocycles. The number of carbonyl (C=O) groups is 1. The van der Waals surface area contributed by atoms with Gasteiger partial charge in [-0.2, -0.15) is 0 Å². The van der Waals surface area contributed by atoms with Gasteiger partial charge in [-0.1, -0.05) is 24.3 Å². The Labute approximate surface area is 182 Å². The van der Waals surface area contributed by atoms with E-state index in [9.17, 15) is 4.79 Å². The van der Waals surface area contributed by atoms with Crippen LogP contribution in [0.15, 0.2) is 78.9 Å². The monoisotopic (exact) mass is 421 g/mol. The first-order chi connectivity index (χ1) is 15.2. The second-order valence-corrected chi connectivity index (χ2v) is 6.56. The third-order valence-electron chi connectivity index (χ3n) is 4.27. The zero-order valence-corrected chi connectivity index (χ0v) is 17.6. The number of benzene rings is 3. The number of rotatable bonds is 12. The highest BCUT2D eigenvalue weighted by molar-refractivity contribution is 6.04. The van der Waals surface area contributed by atoms with E-state index in [-0.39, 0.29) is 5.91 Å². The second-order valence-electron chi connectivity index (χ2n) is 6.56. The van der Waals surface area contributed by atoms with Crippen molar-refractivity contribution in [2.75, 3.05) is 38.4 Å². The average molecular weight is 421 g/mol. The largest absolute Gasteiger partial charge is 0.491 e. The predicted octanol–water partition coefficient (Wildman–Crippen LogP) is 4.81. The smallest absolute Gasteiger partial charge is 0.255 e. The Balaban J connectivity index is 1.45. The summed E-state index contributed by atoms with van der Waals surface area (Å²) >= 11 is 0. The second kappa shape index (κ2) is 12.2. The highest BCUT2D eigenvalue weighted by Gasteiger charge is 2.07. The van der Waals surface area contributed by atoms with Gasteiger partial charge in [0.15, 0.2) is 0 Å². The van der Waals surface area contributed by atoms with Crippen molar-refractivity contribution in [3.63, 3.8) is 0 Å². The fourth-order valence-electron chi connectivity index (χ4n) is 2.77. The van der Waals surface area contributed by atoms with E-state index >= 15 is 0 Å². The van der Waals surface area contributed by atoms with Gasteiger partial charge in [0.25, 0.3) is 5.91 Å². The van der Waals surface area contributed by atoms with Crippen LogP contribution < -0.4 is 19.5 Å². The Bertz CT molecular complexity index is 928. The molecular weight excluding hydrogens is 394 g/mol. The molecule has 0 radical (unpaired) electrons. The molecule has 162 valence electrons. The lowest BCUT2D eigenvalue weighted by molar-refractivity contribution is 0.102. The van der Waals surface area contributed by atoms with Crippen molar-refractivity contribution >= 4 is 11.6 Å². The van der Waals surface area contributed by atoms with E-state index in [4.69, 9.17) is 18.9 Å². The van der Waals surface area contributed by atoms with Gasteiger partial charge < -0.3 is 24.3 Å². The molecule has 0 atom stereocenters. The Hall–Kier alpha value is -3.51. The first-order valence-electron chi connectivity index (χ1n) is 10.3. The number of para-hydroxylation sites is 1. The van der Waals surface area contributed by atoms with Crippen LogP contribution in [-0.4, -0.2) is 38.9 Å². The maximum Gasteiger partial charge on any atom is 0.255 e. The minimum absolute atomic E-state index is 0.203. The Morgan fingerprint density at radius 2 is 1.32 bits per heavy atom. The third kappa shape index (κ3) is 7.68. The minimum Gasteiger partial charge on any atom is -0.491 e. The Morgan fingerprint density at radius 1 is 0.710 bits per heavy atom. The molecule has 0 aliphatic heterocycles. The zero-order chi connectivity index (χ0) is 21.7. The van der Waals surface area contributed by atoms with E-state index in [2.05, 4.69) is 5.32 Å². The van der Waals surface area contributed by atoms with E-state index < -0.39 is 0 Å². The van der Waals surface area contributed by atoms with E-state index in [1.165, 1.54) is 0 Å². The molecule has 0 aliphatic carbocycles. The number of nitrogens with one attached hydrogen (secondary N) is 1. The summed E-state index contributed by atoms with van der Waals surface area (Å²) < 4.78 is 22.1. The van der Waals surface area contributed by atoms with Crippen LogP contribution in [0.5, 0.6) is 17.2 Å². The molecule has 0 saturated heterocycles. The van der Waals surface area contributed by atoms with Gasteiger partial charge in [-0.3, -0.25) is 4.79 Å². The molecule has 3 rings (SSSR count). The van der Waals surface area contributed by atoms with Gasteiger partial charge in [0.1, 0.15) is 37.1 Å². The third-order valence-corrected chi connectivity index (χ3v) is 4.27. The van der Waals surface area contributed by atoms with E-state index in [1.54, 1.807) is 30.3 Å². The molecule has 0 saturated carbocycles. The predicted molar refractivity (Wildman–Crippen MR) is 120 cm³/mol. The molecule has 0 aliphatic rings. The van der Waals surface area contributed by atoms with E-state index in [1.807, 2.05) is 55.5 Å². The van der Waals surface area contributed by atoms with Crippen molar-refractivity contribution in [2.45, 2.75) is 6.92 Å². The SMILES string of the molecule is CCOCCOc1ccc(C(=O)Nc2cccc(OCCOc3ccccc3)c2)cc1. The summed E-state index contributed by atoms with van der Waals surface area (Å²) in [7, 11) is 0. The quantitative estimate of drug-likeness (QED) is 0.425. The summed E-state index contributed by atoms with van der Waals surface area (Å²) in [6.45, 7) is 4.45. The average Bonchev–Trinajstić information content (AvgIpc) is 2.81. The van der Waals surface area contributed by atoms with Gasteiger partial charge in [0.05, 0.1) is 6.61 Å². The molecule has 3 aromatic rings. The van der Waals surface area contributed by atoms with Gasteiger partial charge in [-0.25, -0.2) is 0 Å². The van der Waals surface area contributed by atoms with Crippen LogP contribution in [0.3, 0.4) is 0 Å². The van der Waals surface area contributed by atoms with Crippen molar-refractivity contribution in [1.29, 1.82) is 0 Å². The van der Waals surface area contributed by atoms with Gasteiger partial charge in [0.2, 0.25) is 0 Å². The summed E-state index contributed by atoms with van der Waals surface area (Å²) in [6, 6.07) is 23.9. The fourth-order valence-corrected chi connectivity index (χ4v) is 2.77. The van der Waals surface area contributed by atoms with Crippen molar-refractivity contribution < 1.29 is 23.7 Å². The van der Waals surface area contributed by atoms with E-state index in [0.717, 1.165) is 5.75 Å². The number of hydrogen-bond donors (Lipinski definition) is 1. The molecule has 0 aromatic heterocycles. The van der Waals surface area contributed by atoms with Crippen LogP contribution in [0.2, 0.25) is 0 Å². The molecule has 1 amide bonds. The van der Waals surface area contributed by atoms with Crippen LogP contribution in [0, 0.1) is 0 Å². The van der Waals surface area contributed by atoms with Gasteiger partial charge in [0, 0.05) is 23.9 Å². The van der Waals surface area contributed by atoms with Crippen molar-refractivity contribution in [3.8, 4) is 17.2 Å². The first-order valence-corrected chi connectivity index (χ1v) is 10.3. The van der Waals surface area contributed by atoms with Crippen molar-refractivity contribution in [2.24, 2.45) is 0 Å². The molecule has 6 heteroatoms. The minimum atomic E-state index is -0.203. The van der Waals surface area contributed by atoms with Crippen molar-refractivity contribution in [1.82, 2.24) is 0 Å². The topological polar surface area (TPSA) is 66.0 Å². The van der Waals surface area contributed by atoms with Crippen LogP contribution in [0.1, 0.15) is 17.3 Å². The van der Waals surface area contributed by atoms with E-state index in [0.29, 0.717) is 55.8 Å². The number of ether oxygens (including phenoxy) is 4. The highest BCUT2D eigenvalue weighted by Crippen LogP contribution is 2.19. The lowest BCUT2D eigenvalue weighted by Crippen LogP contribution is -2.12. The molecule has 0 fully saturated rings. The number of carbonyl (C=O) groups excluding carboxylic acids is 1. The van der Waals surface area contributed by atoms with Gasteiger partial charge >= 0.3 is 0 Å². The summed E-state index contributed by atoms with van der Waals surface area (Å²) in [4.78, 5) is 12.5. The number of anilines is 1. The van der Waals surface area contributed by atoms with Crippen LogP contribution in [0.4, 0.5) is 5.69 Å². The molecular formula is C25H27NO5. The number of amides is 1. The maximum atomic E-state index is 12.5. The zero-order valence-electron chi connectivity index (χ0n) is 17.6. The summed E-state index contributed by atoms with van der Waals surface area (Å²) in [5.41, 5.74) is 1.20. The normalized spacial score (nSPS) is 10.4. The van der Waals surface area contributed by atoms with Crippen LogP contribution in [0.25, 0.3) is 0 Å². The maximum absolute atomic E-state index is 12.5.